The van der Waals surface area contributed by atoms with Gasteiger partial charge in [-0.3, -0.25) is 9.89 Å². The van der Waals surface area contributed by atoms with Gasteiger partial charge in [-0.05, 0) is 18.5 Å². The Morgan fingerprint density at radius 1 is 1.57 bits per heavy atom. The van der Waals surface area contributed by atoms with Crippen LogP contribution in [0.1, 0.15) is 39.4 Å². The molecule has 1 aliphatic heterocycles. The molecular formula is C13H14N6OS. The van der Waals surface area contributed by atoms with Gasteiger partial charge in [-0.25, -0.2) is 4.98 Å². The molecule has 7 nitrogen and oxygen atoms in total. The van der Waals surface area contributed by atoms with Gasteiger partial charge in [0.2, 0.25) is 5.82 Å². The third-order valence-electron chi connectivity index (χ3n) is 3.34. The Labute approximate surface area is 125 Å². The fourth-order valence-electron chi connectivity index (χ4n) is 2.26. The number of thiophene rings is 1. The van der Waals surface area contributed by atoms with Gasteiger partial charge in [-0.1, -0.05) is 6.92 Å². The first-order valence-corrected chi connectivity index (χ1v) is 7.52. The van der Waals surface area contributed by atoms with Crippen LogP contribution < -0.4 is 10.6 Å². The summed E-state index contributed by atoms with van der Waals surface area (Å²) in [4.78, 5) is 17.4. The summed E-state index contributed by atoms with van der Waals surface area (Å²) in [5.74, 6) is 0.365. The number of nitrogens with zero attached hydrogens (tertiary/aromatic N) is 3. The van der Waals surface area contributed by atoms with E-state index in [9.17, 15) is 10.1 Å². The van der Waals surface area contributed by atoms with Crippen LogP contribution in [-0.2, 0) is 19.4 Å². The lowest BCUT2D eigenvalue weighted by molar-refractivity contribution is 0.101. The maximum absolute atomic E-state index is 12.1. The number of hydrogen-bond donors (Lipinski definition) is 3. The van der Waals surface area contributed by atoms with E-state index in [2.05, 4.69) is 31.9 Å². The number of carbonyl (C=O) groups is 1. The molecule has 1 amide bonds. The fourth-order valence-corrected chi connectivity index (χ4v) is 3.42. The Kier molecular flexibility index (Phi) is 3.68. The van der Waals surface area contributed by atoms with Gasteiger partial charge in [-0.15, -0.1) is 16.4 Å². The Morgan fingerprint density at radius 3 is 3.14 bits per heavy atom. The van der Waals surface area contributed by atoms with Gasteiger partial charge in [0, 0.05) is 17.8 Å². The molecule has 0 bridgehead atoms. The fraction of sp³-hybridized carbons (Fsp3) is 0.385. The predicted molar refractivity (Wildman–Crippen MR) is 78.2 cm³/mol. The standard InChI is InChI=1S/C13H14N6OS/c1-2-10-16-11(19-18-10)12(20)17-13-8(5-14)7-3-4-15-6-9(7)21-13/h15H,2-4,6H2,1H3,(H,17,20)(H,16,18,19). The lowest BCUT2D eigenvalue weighted by atomic mass is 10.1. The summed E-state index contributed by atoms with van der Waals surface area (Å²) >= 11 is 1.44. The van der Waals surface area contributed by atoms with E-state index in [1.807, 2.05) is 6.92 Å². The molecule has 3 rings (SSSR count). The minimum atomic E-state index is -0.394. The number of aromatic nitrogens is 3. The zero-order valence-electron chi connectivity index (χ0n) is 11.5. The van der Waals surface area contributed by atoms with Crippen LogP contribution in [0.4, 0.5) is 5.00 Å². The molecule has 3 N–H and O–H groups in total. The highest BCUT2D eigenvalue weighted by atomic mass is 32.1. The minimum Gasteiger partial charge on any atom is -0.312 e. The molecule has 1 aliphatic rings. The van der Waals surface area contributed by atoms with E-state index in [0.29, 0.717) is 22.8 Å². The van der Waals surface area contributed by atoms with Crippen molar-refractivity contribution in [2.24, 2.45) is 0 Å². The van der Waals surface area contributed by atoms with Gasteiger partial charge >= 0.3 is 0 Å². The summed E-state index contributed by atoms with van der Waals surface area (Å²) < 4.78 is 0. The number of rotatable bonds is 3. The number of hydrogen-bond acceptors (Lipinski definition) is 6. The minimum absolute atomic E-state index is 0.0974. The number of H-pyrrole nitrogens is 1. The van der Waals surface area contributed by atoms with E-state index in [0.717, 1.165) is 30.0 Å². The van der Waals surface area contributed by atoms with Crippen molar-refractivity contribution in [1.82, 2.24) is 20.5 Å². The van der Waals surface area contributed by atoms with Crippen molar-refractivity contribution in [3.63, 3.8) is 0 Å². The number of aromatic amines is 1. The summed E-state index contributed by atoms with van der Waals surface area (Å²) in [6.45, 7) is 3.52. The molecule has 0 fully saturated rings. The molecule has 0 aromatic carbocycles. The summed E-state index contributed by atoms with van der Waals surface area (Å²) in [6, 6.07) is 2.20. The van der Waals surface area contributed by atoms with E-state index >= 15 is 0 Å². The van der Waals surface area contributed by atoms with Gasteiger partial charge in [0.25, 0.3) is 5.91 Å². The van der Waals surface area contributed by atoms with Gasteiger partial charge in [-0.2, -0.15) is 5.26 Å². The van der Waals surface area contributed by atoms with Crippen LogP contribution in [0.2, 0.25) is 0 Å². The van der Waals surface area contributed by atoms with Crippen molar-refractivity contribution in [1.29, 1.82) is 5.26 Å². The SMILES string of the molecule is CCc1nc(C(=O)Nc2sc3c(c2C#N)CCNC3)n[nH]1. The summed E-state index contributed by atoms with van der Waals surface area (Å²) in [6.07, 6.45) is 1.49. The molecule has 0 radical (unpaired) electrons. The predicted octanol–water partition coefficient (Wildman–Crippen LogP) is 1.20. The van der Waals surface area contributed by atoms with E-state index in [-0.39, 0.29) is 5.82 Å². The second kappa shape index (κ2) is 5.63. The molecule has 0 saturated heterocycles. The largest absolute Gasteiger partial charge is 0.312 e. The summed E-state index contributed by atoms with van der Waals surface area (Å²) in [5.41, 5.74) is 1.61. The van der Waals surface area contributed by atoms with E-state index in [1.165, 1.54) is 11.3 Å². The van der Waals surface area contributed by atoms with Crippen LogP contribution in [0, 0.1) is 11.3 Å². The highest BCUT2D eigenvalue weighted by molar-refractivity contribution is 7.16. The van der Waals surface area contributed by atoms with Crippen LogP contribution in [0.25, 0.3) is 0 Å². The van der Waals surface area contributed by atoms with Crippen molar-refractivity contribution >= 4 is 22.2 Å². The number of nitrogens with one attached hydrogen (secondary N) is 3. The molecule has 0 saturated carbocycles. The van der Waals surface area contributed by atoms with Crippen LogP contribution in [0.15, 0.2) is 0 Å². The molecule has 2 aromatic rings. The first-order valence-electron chi connectivity index (χ1n) is 6.71. The maximum Gasteiger partial charge on any atom is 0.295 e. The Hall–Kier alpha value is -2.24. The van der Waals surface area contributed by atoms with Gasteiger partial charge in [0.05, 0.1) is 5.56 Å². The molecular weight excluding hydrogens is 288 g/mol. The number of aryl methyl sites for hydroxylation is 1. The van der Waals surface area contributed by atoms with Crippen LogP contribution in [0.3, 0.4) is 0 Å². The molecule has 108 valence electrons. The van der Waals surface area contributed by atoms with Crippen molar-refractivity contribution < 1.29 is 4.79 Å². The molecule has 0 unspecified atom stereocenters. The second-order valence-electron chi connectivity index (χ2n) is 4.66. The molecule has 21 heavy (non-hydrogen) atoms. The quantitative estimate of drug-likeness (QED) is 0.790. The summed E-state index contributed by atoms with van der Waals surface area (Å²) in [5, 5.41) is 22.5. The van der Waals surface area contributed by atoms with Crippen molar-refractivity contribution in [3.8, 4) is 6.07 Å². The normalized spacial score (nSPS) is 13.5. The maximum atomic E-state index is 12.1. The zero-order chi connectivity index (χ0) is 14.8. The van der Waals surface area contributed by atoms with Gasteiger partial charge < -0.3 is 10.6 Å². The number of nitriles is 1. The van der Waals surface area contributed by atoms with Crippen LogP contribution >= 0.6 is 11.3 Å². The Balaban J connectivity index is 1.86. The molecule has 2 aromatic heterocycles. The number of anilines is 1. The topological polar surface area (TPSA) is 106 Å². The third-order valence-corrected chi connectivity index (χ3v) is 4.48. The van der Waals surface area contributed by atoms with Crippen molar-refractivity contribution in [3.05, 3.63) is 27.7 Å². The van der Waals surface area contributed by atoms with Crippen LogP contribution in [0.5, 0.6) is 0 Å². The Morgan fingerprint density at radius 2 is 2.43 bits per heavy atom. The first-order chi connectivity index (χ1) is 10.2. The molecule has 8 heteroatoms. The summed E-state index contributed by atoms with van der Waals surface area (Å²) in [7, 11) is 0. The monoisotopic (exact) mass is 302 g/mol. The zero-order valence-corrected chi connectivity index (χ0v) is 12.3. The van der Waals surface area contributed by atoms with Gasteiger partial charge in [0.15, 0.2) is 0 Å². The van der Waals surface area contributed by atoms with Gasteiger partial charge in [0.1, 0.15) is 16.9 Å². The van der Waals surface area contributed by atoms with E-state index < -0.39 is 5.91 Å². The Bertz CT molecular complexity index is 726. The number of amides is 1. The van der Waals surface area contributed by atoms with E-state index in [4.69, 9.17) is 0 Å². The average molecular weight is 302 g/mol. The average Bonchev–Trinajstić information content (AvgIpc) is 3.11. The lowest BCUT2D eigenvalue weighted by Gasteiger charge is -2.11. The molecule has 0 atom stereocenters. The van der Waals surface area contributed by atoms with Crippen LogP contribution in [-0.4, -0.2) is 27.6 Å². The second-order valence-corrected chi connectivity index (χ2v) is 5.77. The van der Waals surface area contributed by atoms with Crippen molar-refractivity contribution in [2.45, 2.75) is 26.3 Å². The molecule has 0 spiro atoms. The number of carbonyl (C=O) groups excluding carboxylic acids is 1. The highest BCUT2D eigenvalue weighted by Gasteiger charge is 2.23. The van der Waals surface area contributed by atoms with E-state index in [1.54, 1.807) is 0 Å². The van der Waals surface area contributed by atoms with Crippen molar-refractivity contribution in [2.75, 3.05) is 11.9 Å². The smallest absolute Gasteiger partial charge is 0.295 e. The molecule has 0 aliphatic carbocycles. The lowest BCUT2D eigenvalue weighted by Crippen LogP contribution is -2.22. The third kappa shape index (κ3) is 2.53. The highest BCUT2D eigenvalue weighted by Crippen LogP contribution is 2.34. The number of fused-ring (bicyclic) bond motifs is 1. The molecule has 3 heterocycles. The first kappa shape index (κ1) is 13.7.